The van der Waals surface area contributed by atoms with Gasteiger partial charge in [0.2, 0.25) is 0 Å². The third-order valence-corrected chi connectivity index (χ3v) is 2.14. The first-order valence-corrected chi connectivity index (χ1v) is 5.15. The Morgan fingerprint density at radius 1 is 1.19 bits per heavy atom. The van der Waals surface area contributed by atoms with E-state index in [-0.39, 0.29) is 0 Å². The molecule has 0 atom stereocenters. The molecular weight excluding hydrogens is 198 g/mol. The van der Waals surface area contributed by atoms with Gasteiger partial charge in [-0.05, 0) is 26.0 Å². The average molecular weight is 211 g/mol. The van der Waals surface area contributed by atoms with Crippen LogP contribution in [0.5, 0.6) is 0 Å². The summed E-state index contributed by atoms with van der Waals surface area (Å²) in [5.41, 5.74) is 0.749. The Hall–Kier alpha value is -1.85. The smallest absolute Gasteiger partial charge is 0.120 e. The van der Waals surface area contributed by atoms with Crippen molar-refractivity contribution in [1.82, 2.24) is 4.98 Å². The lowest BCUT2D eigenvalue weighted by atomic mass is 10.1. The number of hydrogen-bond acceptors (Lipinski definition) is 2. The number of rotatable bonds is 0. The van der Waals surface area contributed by atoms with Crippen LogP contribution >= 0.6 is 0 Å². The molecule has 16 heavy (non-hydrogen) atoms. The van der Waals surface area contributed by atoms with Crippen LogP contribution in [0.2, 0.25) is 0 Å². The molecule has 0 unspecified atom stereocenters. The quantitative estimate of drug-likeness (QED) is 0.678. The van der Waals surface area contributed by atoms with Gasteiger partial charge in [0.1, 0.15) is 5.60 Å². The van der Waals surface area contributed by atoms with Crippen LogP contribution in [0.4, 0.5) is 0 Å². The second-order valence-corrected chi connectivity index (χ2v) is 4.19. The third kappa shape index (κ3) is 2.39. The Morgan fingerprint density at radius 2 is 1.94 bits per heavy atom. The highest BCUT2D eigenvalue weighted by Gasteiger charge is 2.06. The number of fused-ring (bicyclic) bond motifs is 1. The Labute approximate surface area is 95.0 Å². The van der Waals surface area contributed by atoms with E-state index in [2.05, 4.69) is 16.8 Å². The van der Waals surface area contributed by atoms with Crippen LogP contribution in [0.15, 0.2) is 36.5 Å². The van der Waals surface area contributed by atoms with Crippen LogP contribution in [0.25, 0.3) is 10.9 Å². The molecule has 1 aromatic carbocycles. The van der Waals surface area contributed by atoms with Crippen molar-refractivity contribution in [2.75, 3.05) is 0 Å². The number of hydrogen-bond donors (Lipinski definition) is 1. The van der Waals surface area contributed by atoms with Crippen molar-refractivity contribution in [2.24, 2.45) is 0 Å². The summed E-state index contributed by atoms with van der Waals surface area (Å²) < 4.78 is 0. The Balaban J connectivity index is 2.56. The normalized spacial score (nSPS) is 10.9. The average Bonchev–Trinajstić information content (AvgIpc) is 2.25. The van der Waals surface area contributed by atoms with Crippen LogP contribution in [0, 0.1) is 11.8 Å². The molecule has 0 fully saturated rings. The number of para-hydroxylation sites is 1. The second kappa shape index (κ2) is 3.96. The van der Waals surface area contributed by atoms with Crippen molar-refractivity contribution in [2.45, 2.75) is 19.4 Å². The lowest BCUT2D eigenvalue weighted by Crippen LogP contribution is -2.14. The van der Waals surface area contributed by atoms with E-state index in [4.69, 9.17) is 0 Å². The number of nitrogens with zero attached hydrogens (tertiary/aromatic N) is 1. The molecule has 80 valence electrons. The minimum absolute atomic E-state index is 0.847. The third-order valence-electron chi connectivity index (χ3n) is 2.14. The van der Waals surface area contributed by atoms with Crippen molar-refractivity contribution >= 4 is 10.9 Å². The van der Waals surface area contributed by atoms with Crippen LogP contribution in [-0.2, 0) is 0 Å². The summed E-state index contributed by atoms with van der Waals surface area (Å²) in [6, 6.07) is 9.75. The maximum atomic E-state index is 9.56. The Bertz CT molecular complexity index is 565. The standard InChI is InChI=1S/C14H13NO/c1-14(2,16)9-8-12-6-3-5-11-7-4-10-15-13(11)12/h3-7,10,16H,1-2H3. The summed E-state index contributed by atoms with van der Waals surface area (Å²) >= 11 is 0. The number of aliphatic hydroxyl groups is 1. The molecule has 0 bridgehead atoms. The predicted octanol–water partition coefficient (Wildman–Crippen LogP) is 2.36. The van der Waals surface area contributed by atoms with Crippen LogP contribution in [-0.4, -0.2) is 15.7 Å². The largest absolute Gasteiger partial charge is 0.378 e. The maximum absolute atomic E-state index is 9.56. The molecular formula is C14H13NO. The van der Waals surface area contributed by atoms with Gasteiger partial charge in [-0.3, -0.25) is 4.98 Å². The fourth-order valence-corrected chi connectivity index (χ4v) is 1.43. The topological polar surface area (TPSA) is 33.1 Å². The molecule has 0 radical (unpaired) electrons. The van der Waals surface area contributed by atoms with Crippen LogP contribution in [0.3, 0.4) is 0 Å². The van der Waals surface area contributed by atoms with Gasteiger partial charge in [-0.15, -0.1) is 0 Å². The molecule has 0 aliphatic heterocycles. The van der Waals surface area contributed by atoms with Gasteiger partial charge in [0.25, 0.3) is 0 Å². The van der Waals surface area contributed by atoms with Gasteiger partial charge in [0.15, 0.2) is 0 Å². The monoisotopic (exact) mass is 211 g/mol. The van der Waals surface area contributed by atoms with Gasteiger partial charge >= 0.3 is 0 Å². The molecule has 2 aromatic rings. The van der Waals surface area contributed by atoms with Gasteiger partial charge < -0.3 is 5.11 Å². The second-order valence-electron chi connectivity index (χ2n) is 4.19. The lowest BCUT2D eigenvalue weighted by molar-refractivity contribution is 0.143. The van der Waals surface area contributed by atoms with E-state index in [1.807, 2.05) is 30.3 Å². The summed E-state index contributed by atoms with van der Waals surface area (Å²) in [7, 11) is 0. The molecule has 1 N–H and O–H groups in total. The highest BCUT2D eigenvalue weighted by molar-refractivity contribution is 5.84. The molecule has 0 aliphatic rings. The summed E-state index contributed by atoms with van der Waals surface area (Å²) in [6.07, 6.45) is 1.75. The van der Waals surface area contributed by atoms with Gasteiger partial charge in [-0.2, -0.15) is 0 Å². The van der Waals surface area contributed by atoms with E-state index in [0.717, 1.165) is 16.5 Å². The fraction of sp³-hybridized carbons (Fsp3) is 0.214. The zero-order chi connectivity index (χ0) is 11.6. The molecule has 2 rings (SSSR count). The highest BCUT2D eigenvalue weighted by atomic mass is 16.3. The molecule has 1 heterocycles. The molecule has 2 nitrogen and oxygen atoms in total. The molecule has 2 heteroatoms. The van der Waals surface area contributed by atoms with Crippen LogP contribution < -0.4 is 0 Å². The van der Waals surface area contributed by atoms with E-state index in [9.17, 15) is 5.11 Å². The summed E-state index contributed by atoms with van der Waals surface area (Å²) in [4.78, 5) is 4.30. The minimum Gasteiger partial charge on any atom is -0.378 e. The van der Waals surface area contributed by atoms with E-state index in [0.29, 0.717) is 0 Å². The minimum atomic E-state index is -0.975. The fourth-order valence-electron chi connectivity index (χ4n) is 1.43. The zero-order valence-electron chi connectivity index (χ0n) is 9.36. The Morgan fingerprint density at radius 3 is 2.69 bits per heavy atom. The zero-order valence-corrected chi connectivity index (χ0v) is 9.36. The Kier molecular flexibility index (Phi) is 2.64. The first kappa shape index (κ1) is 10.7. The number of aromatic nitrogens is 1. The molecule has 0 spiro atoms. The van der Waals surface area contributed by atoms with E-state index in [1.165, 1.54) is 0 Å². The highest BCUT2D eigenvalue weighted by Crippen LogP contribution is 2.15. The van der Waals surface area contributed by atoms with Gasteiger partial charge in [-0.1, -0.05) is 30.0 Å². The van der Waals surface area contributed by atoms with Gasteiger partial charge in [-0.25, -0.2) is 0 Å². The summed E-state index contributed by atoms with van der Waals surface area (Å²) in [5, 5.41) is 10.6. The van der Waals surface area contributed by atoms with E-state index >= 15 is 0 Å². The van der Waals surface area contributed by atoms with Crippen molar-refractivity contribution < 1.29 is 5.11 Å². The number of benzene rings is 1. The molecule has 0 amide bonds. The molecule has 1 aromatic heterocycles. The van der Waals surface area contributed by atoms with Crippen molar-refractivity contribution in [3.8, 4) is 11.8 Å². The van der Waals surface area contributed by atoms with Gasteiger partial charge in [0.05, 0.1) is 11.1 Å². The first-order chi connectivity index (χ1) is 7.56. The van der Waals surface area contributed by atoms with Crippen LogP contribution in [0.1, 0.15) is 19.4 Å². The number of pyridine rings is 1. The maximum Gasteiger partial charge on any atom is 0.120 e. The lowest BCUT2D eigenvalue weighted by Gasteiger charge is -2.06. The summed E-state index contributed by atoms with van der Waals surface area (Å²) in [5.74, 6) is 5.76. The van der Waals surface area contributed by atoms with E-state index in [1.54, 1.807) is 20.0 Å². The van der Waals surface area contributed by atoms with Crippen molar-refractivity contribution in [3.05, 3.63) is 42.1 Å². The van der Waals surface area contributed by atoms with Gasteiger partial charge in [0, 0.05) is 11.6 Å². The first-order valence-electron chi connectivity index (χ1n) is 5.15. The predicted molar refractivity (Wildman–Crippen MR) is 64.9 cm³/mol. The summed E-state index contributed by atoms with van der Waals surface area (Å²) in [6.45, 7) is 3.33. The van der Waals surface area contributed by atoms with Crippen molar-refractivity contribution in [1.29, 1.82) is 0 Å². The SMILES string of the molecule is CC(C)(O)C#Cc1cccc2cccnc12. The molecule has 0 saturated carbocycles. The van der Waals surface area contributed by atoms with Crippen molar-refractivity contribution in [3.63, 3.8) is 0 Å². The van der Waals surface area contributed by atoms with E-state index < -0.39 is 5.60 Å². The molecule has 0 aliphatic carbocycles. The molecule has 0 saturated heterocycles.